The van der Waals surface area contributed by atoms with Crippen molar-refractivity contribution in [2.45, 2.75) is 11.3 Å². The number of H-pyrrole nitrogens is 1. The number of aromatic amines is 1. The molecule has 0 radical (unpaired) electrons. The number of hydrogen-bond acceptors (Lipinski definition) is 2. The van der Waals surface area contributed by atoms with E-state index in [0.717, 1.165) is 16.5 Å². The highest BCUT2D eigenvalue weighted by Crippen LogP contribution is 2.22. The molecule has 0 atom stereocenters. The number of rotatable bonds is 5. The van der Waals surface area contributed by atoms with Crippen LogP contribution >= 0.6 is 23.2 Å². The van der Waals surface area contributed by atoms with Gasteiger partial charge in [0.1, 0.15) is 0 Å². The van der Waals surface area contributed by atoms with E-state index in [1.807, 2.05) is 24.4 Å². The summed E-state index contributed by atoms with van der Waals surface area (Å²) in [6.07, 6.45) is 2.44. The molecule has 120 valence electrons. The maximum Gasteiger partial charge on any atom is 0.240 e. The largest absolute Gasteiger partial charge is 0.361 e. The Labute approximate surface area is 144 Å². The van der Waals surface area contributed by atoms with Crippen LogP contribution in [0.1, 0.15) is 5.56 Å². The third kappa shape index (κ3) is 3.70. The van der Waals surface area contributed by atoms with E-state index >= 15 is 0 Å². The van der Waals surface area contributed by atoms with Gasteiger partial charge in [0.05, 0.1) is 4.90 Å². The van der Waals surface area contributed by atoms with Crippen molar-refractivity contribution >= 4 is 44.1 Å². The highest BCUT2D eigenvalue weighted by Gasteiger charge is 2.13. The standard InChI is InChI=1S/C16H14Cl2N2O2S/c17-12-1-4-14(5-2-12)23(21,22)20-8-7-11-10-19-16-6-3-13(18)9-15(11)16/h1-6,9-10,19-20H,7-8H2. The summed E-state index contributed by atoms with van der Waals surface area (Å²) in [4.78, 5) is 3.35. The zero-order chi connectivity index (χ0) is 16.4. The summed E-state index contributed by atoms with van der Waals surface area (Å²) in [5, 5.41) is 2.16. The Bertz CT molecular complexity index is 934. The Hall–Kier alpha value is -1.53. The summed E-state index contributed by atoms with van der Waals surface area (Å²) in [6, 6.07) is 11.7. The van der Waals surface area contributed by atoms with E-state index in [-0.39, 0.29) is 4.90 Å². The molecular formula is C16H14Cl2N2O2S. The van der Waals surface area contributed by atoms with Gasteiger partial charge in [0, 0.05) is 33.7 Å². The van der Waals surface area contributed by atoms with Crippen LogP contribution in [0.25, 0.3) is 10.9 Å². The smallest absolute Gasteiger partial charge is 0.240 e. The summed E-state index contributed by atoms with van der Waals surface area (Å²) < 4.78 is 27.0. The van der Waals surface area contributed by atoms with Gasteiger partial charge in [0.2, 0.25) is 10.0 Å². The first-order valence-electron chi connectivity index (χ1n) is 6.96. The molecule has 0 bridgehead atoms. The number of hydrogen-bond donors (Lipinski definition) is 2. The van der Waals surface area contributed by atoms with Crippen LogP contribution in [-0.2, 0) is 16.4 Å². The number of aromatic nitrogens is 1. The first-order valence-corrected chi connectivity index (χ1v) is 9.20. The minimum absolute atomic E-state index is 0.198. The SMILES string of the molecule is O=S(=O)(NCCc1c[nH]c2ccc(Cl)cc12)c1ccc(Cl)cc1. The lowest BCUT2D eigenvalue weighted by atomic mass is 10.1. The van der Waals surface area contributed by atoms with Crippen molar-refractivity contribution in [2.24, 2.45) is 0 Å². The number of benzene rings is 2. The maximum absolute atomic E-state index is 12.2. The van der Waals surface area contributed by atoms with Crippen molar-refractivity contribution in [2.75, 3.05) is 6.54 Å². The predicted octanol–water partition coefficient (Wildman–Crippen LogP) is 4.00. The topological polar surface area (TPSA) is 62.0 Å². The molecule has 0 aliphatic carbocycles. The van der Waals surface area contributed by atoms with Gasteiger partial charge in [-0.15, -0.1) is 0 Å². The summed E-state index contributed by atoms with van der Waals surface area (Å²) >= 11 is 11.8. The van der Waals surface area contributed by atoms with Crippen LogP contribution in [0.4, 0.5) is 0 Å². The van der Waals surface area contributed by atoms with Gasteiger partial charge in [-0.05, 0) is 54.4 Å². The first-order chi connectivity index (χ1) is 11.0. The Morgan fingerprint density at radius 3 is 2.43 bits per heavy atom. The molecule has 0 saturated carbocycles. The van der Waals surface area contributed by atoms with E-state index in [2.05, 4.69) is 9.71 Å². The van der Waals surface area contributed by atoms with E-state index in [4.69, 9.17) is 23.2 Å². The van der Waals surface area contributed by atoms with Gasteiger partial charge >= 0.3 is 0 Å². The summed E-state index contributed by atoms with van der Waals surface area (Å²) in [5.74, 6) is 0. The molecule has 0 aliphatic rings. The van der Waals surface area contributed by atoms with E-state index in [0.29, 0.717) is 23.0 Å². The lowest BCUT2D eigenvalue weighted by Gasteiger charge is -2.06. The molecule has 4 nitrogen and oxygen atoms in total. The highest BCUT2D eigenvalue weighted by atomic mass is 35.5. The van der Waals surface area contributed by atoms with Gasteiger partial charge in [0.25, 0.3) is 0 Å². The van der Waals surface area contributed by atoms with Crippen molar-refractivity contribution in [1.29, 1.82) is 0 Å². The fraction of sp³-hybridized carbons (Fsp3) is 0.125. The molecule has 1 aromatic heterocycles. The molecule has 0 unspecified atom stereocenters. The quantitative estimate of drug-likeness (QED) is 0.714. The van der Waals surface area contributed by atoms with E-state index < -0.39 is 10.0 Å². The zero-order valence-electron chi connectivity index (χ0n) is 12.0. The molecule has 1 heterocycles. The number of fused-ring (bicyclic) bond motifs is 1. The van der Waals surface area contributed by atoms with Crippen molar-refractivity contribution < 1.29 is 8.42 Å². The second-order valence-corrected chi connectivity index (χ2v) is 7.75. The maximum atomic E-state index is 12.2. The lowest BCUT2D eigenvalue weighted by molar-refractivity contribution is 0.581. The summed E-state index contributed by atoms with van der Waals surface area (Å²) in [6.45, 7) is 0.296. The molecule has 2 N–H and O–H groups in total. The van der Waals surface area contributed by atoms with Crippen molar-refractivity contribution in [1.82, 2.24) is 9.71 Å². The van der Waals surface area contributed by atoms with Crippen LogP contribution in [0.2, 0.25) is 10.0 Å². The average Bonchev–Trinajstić information content (AvgIpc) is 2.90. The van der Waals surface area contributed by atoms with Crippen LogP contribution < -0.4 is 4.72 Å². The van der Waals surface area contributed by atoms with Crippen LogP contribution in [0.5, 0.6) is 0 Å². The van der Waals surface area contributed by atoms with Gasteiger partial charge in [-0.2, -0.15) is 0 Å². The highest BCUT2D eigenvalue weighted by molar-refractivity contribution is 7.89. The zero-order valence-corrected chi connectivity index (χ0v) is 14.3. The minimum atomic E-state index is -3.54. The molecule has 0 fully saturated rings. The Morgan fingerprint density at radius 2 is 1.70 bits per heavy atom. The Morgan fingerprint density at radius 1 is 1.00 bits per heavy atom. The monoisotopic (exact) mass is 368 g/mol. The van der Waals surface area contributed by atoms with E-state index in [9.17, 15) is 8.42 Å². The molecule has 2 aromatic carbocycles. The van der Waals surface area contributed by atoms with Gasteiger partial charge < -0.3 is 4.98 Å². The molecule has 23 heavy (non-hydrogen) atoms. The van der Waals surface area contributed by atoms with Crippen molar-refractivity contribution in [3.05, 3.63) is 64.3 Å². The molecule has 0 spiro atoms. The molecule has 3 aromatic rings. The average molecular weight is 369 g/mol. The van der Waals surface area contributed by atoms with E-state index in [1.54, 1.807) is 12.1 Å². The third-order valence-corrected chi connectivity index (χ3v) is 5.50. The number of sulfonamides is 1. The fourth-order valence-electron chi connectivity index (χ4n) is 2.37. The van der Waals surface area contributed by atoms with E-state index in [1.165, 1.54) is 12.1 Å². The second-order valence-electron chi connectivity index (χ2n) is 5.11. The lowest BCUT2D eigenvalue weighted by Crippen LogP contribution is -2.25. The molecule has 0 amide bonds. The summed E-state index contributed by atoms with van der Waals surface area (Å²) in [7, 11) is -3.54. The molecule has 0 aliphatic heterocycles. The van der Waals surface area contributed by atoms with Crippen LogP contribution in [-0.4, -0.2) is 19.9 Å². The minimum Gasteiger partial charge on any atom is -0.361 e. The van der Waals surface area contributed by atoms with Crippen LogP contribution in [0.15, 0.2) is 53.6 Å². The van der Waals surface area contributed by atoms with Crippen molar-refractivity contribution in [3.63, 3.8) is 0 Å². The number of halogens is 2. The van der Waals surface area contributed by atoms with Gasteiger partial charge in [0.15, 0.2) is 0 Å². The second kappa shape index (κ2) is 6.53. The van der Waals surface area contributed by atoms with Gasteiger partial charge in [-0.3, -0.25) is 0 Å². The van der Waals surface area contributed by atoms with Crippen LogP contribution in [0, 0.1) is 0 Å². The summed E-state index contributed by atoms with van der Waals surface area (Å²) in [5.41, 5.74) is 1.99. The van der Waals surface area contributed by atoms with Crippen LogP contribution in [0.3, 0.4) is 0 Å². The fourth-order valence-corrected chi connectivity index (χ4v) is 3.70. The molecular weight excluding hydrogens is 355 g/mol. The number of nitrogens with one attached hydrogen (secondary N) is 2. The van der Waals surface area contributed by atoms with Gasteiger partial charge in [-0.25, -0.2) is 13.1 Å². The van der Waals surface area contributed by atoms with Gasteiger partial charge in [-0.1, -0.05) is 23.2 Å². The first kappa shape index (κ1) is 16.3. The predicted molar refractivity (Wildman–Crippen MR) is 93.7 cm³/mol. The third-order valence-electron chi connectivity index (χ3n) is 3.54. The van der Waals surface area contributed by atoms with Crippen molar-refractivity contribution in [3.8, 4) is 0 Å². The Balaban J connectivity index is 1.70. The molecule has 7 heteroatoms. The Kier molecular flexibility index (Phi) is 4.64. The normalized spacial score (nSPS) is 11.9. The molecule has 0 saturated heterocycles. The molecule has 3 rings (SSSR count).